The molecule has 0 aliphatic carbocycles. The molecule has 0 bridgehead atoms. The van der Waals surface area contributed by atoms with Crippen molar-refractivity contribution < 1.29 is 23.0 Å². The summed E-state index contributed by atoms with van der Waals surface area (Å²) >= 11 is 6.89. The molecule has 0 saturated heterocycles. The molecular formula is C14H8ClF2N3O3S. The van der Waals surface area contributed by atoms with Crippen molar-refractivity contribution in [2.45, 2.75) is 6.43 Å². The number of carbonyl (C=O) groups excluding carboxylic acids is 1. The third-order valence-electron chi connectivity index (χ3n) is 2.70. The van der Waals surface area contributed by atoms with Gasteiger partial charge >= 0.3 is 0 Å². The van der Waals surface area contributed by atoms with Gasteiger partial charge in [0.15, 0.2) is 17.0 Å². The number of ether oxygens (including phenoxy) is 2. The second kappa shape index (κ2) is 7.02. The van der Waals surface area contributed by atoms with Crippen LogP contribution in [0.2, 0.25) is 5.02 Å². The molecule has 0 unspecified atom stereocenters. The van der Waals surface area contributed by atoms with Crippen LogP contribution in [0.3, 0.4) is 0 Å². The van der Waals surface area contributed by atoms with Crippen LogP contribution >= 0.6 is 22.9 Å². The standard InChI is InChI=1S/C14H8ClF2N3O3S/c15-7-3-9(22-6-10(16)17)13(18-4-7)23-11-2-1-8-14(20-11)24-12(5-21)19-8/h1-5,10H,6H2. The van der Waals surface area contributed by atoms with Crippen molar-refractivity contribution in [3.8, 4) is 17.5 Å². The van der Waals surface area contributed by atoms with Crippen LogP contribution in [0.25, 0.3) is 10.3 Å². The summed E-state index contributed by atoms with van der Waals surface area (Å²) < 4.78 is 35.1. The molecule has 3 aromatic rings. The van der Waals surface area contributed by atoms with Gasteiger partial charge in [0.25, 0.3) is 12.3 Å². The van der Waals surface area contributed by atoms with Crippen molar-refractivity contribution in [3.05, 3.63) is 34.4 Å². The Morgan fingerprint density at radius 1 is 1.33 bits per heavy atom. The molecule has 0 aliphatic rings. The first-order valence-electron chi connectivity index (χ1n) is 6.52. The lowest BCUT2D eigenvalue weighted by Crippen LogP contribution is -2.08. The van der Waals surface area contributed by atoms with Crippen molar-refractivity contribution in [2.24, 2.45) is 0 Å². The van der Waals surface area contributed by atoms with Gasteiger partial charge in [-0.1, -0.05) is 22.9 Å². The molecule has 3 heterocycles. The van der Waals surface area contributed by atoms with E-state index in [1.165, 1.54) is 18.3 Å². The third kappa shape index (κ3) is 3.74. The monoisotopic (exact) mass is 371 g/mol. The molecule has 0 fully saturated rings. The molecule has 3 aromatic heterocycles. The summed E-state index contributed by atoms with van der Waals surface area (Å²) in [6.07, 6.45) is -0.726. The molecule has 24 heavy (non-hydrogen) atoms. The number of pyridine rings is 2. The van der Waals surface area contributed by atoms with Crippen molar-refractivity contribution in [3.63, 3.8) is 0 Å². The number of aldehydes is 1. The molecule has 3 rings (SSSR count). The van der Waals surface area contributed by atoms with Crippen molar-refractivity contribution in [1.29, 1.82) is 0 Å². The molecule has 0 N–H and O–H groups in total. The summed E-state index contributed by atoms with van der Waals surface area (Å²) in [5.74, 6) is 0.0786. The van der Waals surface area contributed by atoms with Gasteiger partial charge in [-0.05, 0) is 6.07 Å². The number of halogens is 3. The summed E-state index contributed by atoms with van der Waals surface area (Å²) in [5, 5.41) is 0.508. The Labute approximate surface area is 143 Å². The van der Waals surface area contributed by atoms with E-state index in [0.29, 0.717) is 21.6 Å². The summed E-state index contributed by atoms with van der Waals surface area (Å²) in [4.78, 5) is 23.4. The summed E-state index contributed by atoms with van der Waals surface area (Å²) in [6, 6.07) is 4.46. The van der Waals surface area contributed by atoms with E-state index >= 15 is 0 Å². The lowest BCUT2D eigenvalue weighted by atomic mass is 10.4. The van der Waals surface area contributed by atoms with Crippen molar-refractivity contribution in [2.75, 3.05) is 6.61 Å². The number of thiazole rings is 1. The average Bonchev–Trinajstić information content (AvgIpc) is 2.97. The summed E-state index contributed by atoms with van der Waals surface area (Å²) in [6.45, 7) is -0.817. The molecule has 0 atom stereocenters. The fourth-order valence-electron chi connectivity index (χ4n) is 1.76. The number of nitrogens with zero attached hydrogens (tertiary/aromatic N) is 3. The first-order chi connectivity index (χ1) is 11.5. The third-order valence-corrected chi connectivity index (χ3v) is 3.80. The number of alkyl halides is 2. The first-order valence-corrected chi connectivity index (χ1v) is 7.71. The first kappa shape index (κ1) is 16.5. The quantitative estimate of drug-likeness (QED) is 0.610. The number of fused-ring (bicyclic) bond motifs is 1. The number of hydrogen-bond donors (Lipinski definition) is 0. The van der Waals surface area contributed by atoms with Gasteiger partial charge in [-0.3, -0.25) is 4.79 Å². The number of rotatable bonds is 6. The van der Waals surface area contributed by atoms with Crippen LogP contribution in [0.1, 0.15) is 9.80 Å². The van der Waals surface area contributed by atoms with Crippen LogP contribution in [-0.2, 0) is 0 Å². The molecule has 0 spiro atoms. The minimum Gasteiger partial charge on any atom is -0.482 e. The predicted molar refractivity (Wildman–Crippen MR) is 83.6 cm³/mol. The maximum atomic E-state index is 12.3. The van der Waals surface area contributed by atoms with Crippen LogP contribution in [0.4, 0.5) is 8.78 Å². The van der Waals surface area contributed by atoms with E-state index < -0.39 is 13.0 Å². The Hall–Kier alpha value is -2.39. The Kier molecular flexibility index (Phi) is 4.81. The van der Waals surface area contributed by atoms with Crippen molar-refractivity contribution in [1.82, 2.24) is 15.0 Å². The van der Waals surface area contributed by atoms with Gasteiger partial charge < -0.3 is 9.47 Å². The Bertz CT molecular complexity index is 891. The van der Waals surface area contributed by atoms with E-state index in [0.717, 1.165) is 11.3 Å². The lowest BCUT2D eigenvalue weighted by molar-refractivity contribution is 0.0804. The fraction of sp³-hybridized carbons (Fsp3) is 0.143. The van der Waals surface area contributed by atoms with E-state index in [-0.39, 0.29) is 22.5 Å². The molecular weight excluding hydrogens is 364 g/mol. The highest BCUT2D eigenvalue weighted by Gasteiger charge is 2.14. The summed E-state index contributed by atoms with van der Waals surface area (Å²) in [7, 11) is 0. The van der Waals surface area contributed by atoms with Crippen LogP contribution in [0.15, 0.2) is 24.4 Å². The van der Waals surface area contributed by atoms with Gasteiger partial charge in [0.05, 0.1) is 5.02 Å². The smallest absolute Gasteiger partial charge is 0.272 e. The van der Waals surface area contributed by atoms with Gasteiger partial charge in [-0.2, -0.15) is 0 Å². The fourth-order valence-corrected chi connectivity index (χ4v) is 2.66. The minimum absolute atomic E-state index is 0.0254. The second-order valence-electron chi connectivity index (χ2n) is 4.40. The van der Waals surface area contributed by atoms with Crippen LogP contribution in [-0.4, -0.2) is 34.3 Å². The van der Waals surface area contributed by atoms with E-state index in [2.05, 4.69) is 15.0 Å². The van der Waals surface area contributed by atoms with Gasteiger partial charge in [0.2, 0.25) is 5.88 Å². The van der Waals surface area contributed by atoms with Gasteiger partial charge in [-0.15, -0.1) is 0 Å². The van der Waals surface area contributed by atoms with Gasteiger partial charge in [0.1, 0.15) is 17.0 Å². The molecule has 6 nitrogen and oxygen atoms in total. The molecule has 0 amide bonds. The maximum Gasteiger partial charge on any atom is 0.272 e. The maximum absolute atomic E-state index is 12.3. The van der Waals surface area contributed by atoms with E-state index in [4.69, 9.17) is 21.1 Å². The normalized spacial score (nSPS) is 11.0. The molecule has 10 heteroatoms. The van der Waals surface area contributed by atoms with Crippen LogP contribution in [0.5, 0.6) is 17.5 Å². The topological polar surface area (TPSA) is 74.2 Å². The van der Waals surface area contributed by atoms with Crippen molar-refractivity contribution >= 4 is 39.6 Å². The van der Waals surface area contributed by atoms with Gasteiger partial charge in [0, 0.05) is 18.3 Å². The number of carbonyl (C=O) groups is 1. The highest BCUT2D eigenvalue weighted by molar-refractivity contribution is 7.19. The molecule has 0 radical (unpaired) electrons. The SMILES string of the molecule is O=Cc1nc2ccc(Oc3ncc(Cl)cc3OCC(F)F)nc2s1. The predicted octanol–water partition coefficient (Wildman–Crippen LogP) is 3.99. The van der Waals surface area contributed by atoms with E-state index in [1.54, 1.807) is 6.07 Å². The highest BCUT2D eigenvalue weighted by atomic mass is 35.5. The zero-order valence-corrected chi connectivity index (χ0v) is 13.4. The molecule has 0 aliphatic heterocycles. The Balaban J connectivity index is 1.88. The highest BCUT2D eigenvalue weighted by Crippen LogP contribution is 2.32. The van der Waals surface area contributed by atoms with E-state index in [1.807, 2.05) is 0 Å². The van der Waals surface area contributed by atoms with Gasteiger partial charge in [-0.25, -0.2) is 23.7 Å². The van der Waals surface area contributed by atoms with E-state index in [9.17, 15) is 13.6 Å². The number of aromatic nitrogens is 3. The second-order valence-corrected chi connectivity index (χ2v) is 5.85. The lowest BCUT2D eigenvalue weighted by Gasteiger charge is -2.10. The largest absolute Gasteiger partial charge is 0.482 e. The average molecular weight is 372 g/mol. The molecule has 0 aromatic carbocycles. The Morgan fingerprint density at radius 2 is 2.17 bits per heavy atom. The zero-order chi connectivity index (χ0) is 17.1. The minimum atomic E-state index is -2.65. The molecule has 124 valence electrons. The number of hydrogen-bond acceptors (Lipinski definition) is 7. The van der Waals surface area contributed by atoms with Crippen LogP contribution < -0.4 is 9.47 Å². The molecule has 0 saturated carbocycles. The summed E-state index contributed by atoms with van der Waals surface area (Å²) in [5.41, 5.74) is 0.549. The van der Waals surface area contributed by atoms with Crippen LogP contribution in [0, 0.1) is 0 Å². The zero-order valence-electron chi connectivity index (χ0n) is 11.8. The Morgan fingerprint density at radius 3 is 2.92 bits per heavy atom.